The summed E-state index contributed by atoms with van der Waals surface area (Å²) in [6.45, 7) is 11.1. The summed E-state index contributed by atoms with van der Waals surface area (Å²) in [5.41, 5.74) is 22.3. The van der Waals surface area contributed by atoms with E-state index in [0.717, 1.165) is 11.1 Å². The number of carbonyl (C=O) groups excluding carboxylic acids is 5. The molecular weight excluding hydrogens is 995 g/mol. The van der Waals surface area contributed by atoms with Crippen molar-refractivity contribution in [2.45, 2.75) is 102 Å². The van der Waals surface area contributed by atoms with E-state index in [0.29, 0.717) is 28.1 Å². The average molecular weight is 1060 g/mol. The number of esters is 2. The molecule has 0 aliphatic rings. The van der Waals surface area contributed by atoms with E-state index in [9.17, 15) is 39.0 Å². The van der Waals surface area contributed by atoms with Crippen molar-refractivity contribution >= 4 is 47.0 Å². The van der Waals surface area contributed by atoms with Gasteiger partial charge in [-0.1, -0.05) is 23.7 Å². The van der Waals surface area contributed by atoms with E-state index in [1.165, 1.54) is 87.2 Å². The molecule has 0 saturated heterocycles. The van der Waals surface area contributed by atoms with Crippen LogP contribution in [0.4, 0.5) is 11.4 Å². The molecule has 3 amide bonds. The quantitative estimate of drug-likeness (QED) is 0.0311. The second-order valence-electron chi connectivity index (χ2n) is 18.6. The smallest absolute Gasteiger partial charge is 0.331 e. The van der Waals surface area contributed by atoms with E-state index in [4.69, 9.17) is 43.5 Å². The van der Waals surface area contributed by atoms with Crippen molar-refractivity contribution in [3.63, 3.8) is 0 Å². The van der Waals surface area contributed by atoms with Crippen LogP contribution >= 0.6 is 0 Å². The SMILES string of the molecule is CC(C)(O)[C@H](N)C(=O)O.CC(C)(O)[C@H](NC(=O)c1ccc(C#CC#Cc2ccc(N)cc2)cc1)C(=O)NO.COC(=O)[C@@H](N)C(C)(C)O.COC(=O)[C@@H](NC(=O)c1ccc(C#CC#Cc2ccc(N)cc2)cc1)C(C)(C)O. The number of carboxylic acid groups (broad SMARTS) is 1. The first-order valence-electron chi connectivity index (χ1n) is 23.0. The van der Waals surface area contributed by atoms with Crippen LogP contribution in [0.15, 0.2) is 97.1 Å². The van der Waals surface area contributed by atoms with Crippen LogP contribution in [0.25, 0.3) is 0 Å². The van der Waals surface area contributed by atoms with Gasteiger partial charge in [0.1, 0.15) is 18.1 Å². The van der Waals surface area contributed by atoms with Crippen LogP contribution in [0.5, 0.6) is 0 Å². The number of aliphatic hydroxyl groups is 4. The van der Waals surface area contributed by atoms with Crippen molar-refractivity contribution in [2.24, 2.45) is 11.5 Å². The zero-order valence-electron chi connectivity index (χ0n) is 44.3. The monoisotopic (exact) mass is 1060 g/mol. The summed E-state index contributed by atoms with van der Waals surface area (Å²) in [4.78, 5) is 68.9. The molecule has 4 rings (SSSR count). The molecule has 77 heavy (non-hydrogen) atoms. The lowest BCUT2D eigenvalue weighted by Gasteiger charge is -2.28. The van der Waals surface area contributed by atoms with Crippen LogP contribution in [0.2, 0.25) is 0 Å². The predicted molar refractivity (Wildman–Crippen MR) is 287 cm³/mol. The fraction of sp³-hybridized carbons (Fsp3) is 0.321. The molecule has 0 spiro atoms. The fourth-order valence-electron chi connectivity index (χ4n) is 5.37. The zero-order valence-corrected chi connectivity index (χ0v) is 44.3. The van der Waals surface area contributed by atoms with E-state index < -0.39 is 82.2 Å². The second-order valence-corrected chi connectivity index (χ2v) is 18.6. The molecule has 0 aromatic heterocycles. The third-order valence-corrected chi connectivity index (χ3v) is 10.1. The summed E-state index contributed by atoms with van der Waals surface area (Å²) in [6.07, 6.45) is 0. The number of hydrogen-bond acceptors (Lipinski definition) is 17. The first kappa shape index (κ1) is 66.3. The molecule has 410 valence electrons. The summed E-state index contributed by atoms with van der Waals surface area (Å²) in [6, 6.07) is 22.4. The Hall–Kier alpha value is -8.74. The molecule has 4 aromatic rings. The van der Waals surface area contributed by atoms with Gasteiger partial charge < -0.3 is 68.6 Å². The second kappa shape index (κ2) is 30.6. The number of nitrogens with two attached hydrogens (primary N) is 4. The first-order chi connectivity index (χ1) is 35.6. The lowest BCUT2D eigenvalue weighted by atomic mass is 9.97. The van der Waals surface area contributed by atoms with E-state index in [2.05, 4.69) is 67.5 Å². The summed E-state index contributed by atoms with van der Waals surface area (Å²) >= 11 is 0. The largest absolute Gasteiger partial charge is 0.480 e. The normalized spacial score (nSPS) is 12.1. The Morgan fingerprint density at radius 1 is 0.468 bits per heavy atom. The molecule has 0 unspecified atom stereocenters. The molecule has 0 saturated carbocycles. The van der Waals surface area contributed by atoms with Crippen LogP contribution < -0.4 is 39.0 Å². The van der Waals surface area contributed by atoms with Gasteiger partial charge in [0, 0.05) is 44.8 Å². The number of amides is 3. The van der Waals surface area contributed by atoms with Gasteiger partial charge in [0.2, 0.25) is 0 Å². The summed E-state index contributed by atoms with van der Waals surface area (Å²) in [7, 11) is 2.42. The number of hydrogen-bond donors (Lipinski definition) is 13. The maximum atomic E-state index is 12.4. The van der Waals surface area contributed by atoms with Crippen LogP contribution in [0.1, 0.15) is 98.4 Å². The number of carbonyl (C=O) groups is 6. The van der Waals surface area contributed by atoms with Crippen molar-refractivity contribution in [3.8, 4) is 47.4 Å². The summed E-state index contributed by atoms with van der Waals surface area (Å²) < 4.78 is 8.95. The number of anilines is 2. The number of nitrogen functional groups attached to an aromatic ring is 2. The Labute approximate surface area is 447 Å². The minimum atomic E-state index is -1.57. The van der Waals surface area contributed by atoms with Gasteiger partial charge in [-0.05, 0) is 176 Å². The molecule has 0 bridgehead atoms. The third-order valence-electron chi connectivity index (χ3n) is 10.1. The number of rotatable bonds is 12. The standard InChI is InChI=1S/C23H22N2O4.C22H21N3O4.C6H13NO3.C5H11NO3/c1-23(2,28)20(22(27)29-3)25-21(26)18-12-8-16(9-13-18)6-4-5-7-17-10-14-19(24)15-11-17;1-22(2,28)19(21(27)25-29)24-20(26)17-11-7-15(8-12-17)5-3-4-6-16-9-13-18(23)14-10-16;1-6(2,9)4(7)5(8)10-3;1-5(2,9)3(6)4(7)8/h8-15,20,28H,24H2,1-3H3,(H,25,26);7-14,19,28-29H,23H2,1-2H3,(H,24,26)(H,25,27);4,9H,7H2,1-3H3;3,9H,6H2,1-2H3,(H,7,8)/t20-;19-;4-;3-/m1111/s1. The summed E-state index contributed by atoms with van der Waals surface area (Å²) in [5, 5.41) is 60.1. The molecule has 4 aromatic carbocycles. The number of carboxylic acids is 1. The maximum absolute atomic E-state index is 12.4. The summed E-state index contributed by atoms with van der Waals surface area (Å²) in [5.74, 6) is 18.0. The minimum Gasteiger partial charge on any atom is -0.480 e. The highest BCUT2D eigenvalue weighted by Gasteiger charge is 2.37. The van der Waals surface area contributed by atoms with E-state index >= 15 is 0 Å². The van der Waals surface area contributed by atoms with Gasteiger partial charge in [0.25, 0.3) is 17.7 Å². The molecule has 21 nitrogen and oxygen atoms in total. The van der Waals surface area contributed by atoms with Crippen molar-refractivity contribution in [2.75, 3.05) is 25.7 Å². The number of benzene rings is 4. The maximum Gasteiger partial charge on any atom is 0.331 e. The van der Waals surface area contributed by atoms with Crippen molar-refractivity contribution in [1.82, 2.24) is 16.1 Å². The van der Waals surface area contributed by atoms with Crippen molar-refractivity contribution in [3.05, 3.63) is 130 Å². The molecule has 0 aliphatic heterocycles. The highest BCUT2D eigenvalue weighted by atomic mass is 16.5. The number of nitrogens with one attached hydrogen (secondary N) is 3. The van der Waals surface area contributed by atoms with E-state index in [1.54, 1.807) is 72.8 Å². The predicted octanol–water partition coefficient (Wildman–Crippen LogP) is 1.19. The Bertz CT molecular complexity index is 2720. The van der Waals surface area contributed by atoms with Crippen molar-refractivity contribution < 1.29 is 69.0 Å². The number of aliphatic carboxylic acids is 1. The highest BCUT2D eigenvalue weighted by Crippen LogP contribution is 2.14. The molecule has 0 aliphatic carbocycles. The van der Waals surface area contributed by atoms with Gasteiger partial charge >= 0.3 is 17.9 Å². The molecular formula is C56H67N7O14. The average Bonchev–Trinajstić information content (AvgIpc) is 3.36. The van der Waals surface area contributed by atoms with Crippen LogP contribution in [-0.2, 0) is 28.7 Å². The molecule has 4 atom stereocenters. The Morgan fingerprint density at radius 3 is 0.974 bits per heavy atom. The lowest BCUT2D eigenvalue weighted by molar-refractivity contribution is -0.149. The number of methoxy groups -OCH3 is 2. The Kier molecular flexibility index (Phi) is 26.3. The minimum absolute atomic E-state index is 0.267. The number of ether oxygens (including phenoxy) is 2. The fourth-order valence-corrected chi connectivity index (χ4v) is 5.37. The van der Waals surface area contributed by atoms with E-state index in [1.807, 2.05) is 12.1 Å². The topological polar surface area (TPSA) is 382 Å². The molecule has 0 fully saturated rings. The Morgan fingerprint density at radius 2 is 0.753 bits per heavy atom. The molecule has 21 heteroatoms. The van der Waals surface area contributed by atoms with Gasteiger partial charge in [0.05, 0.1) is 36.6 Å². The first-order valence-corrected chi connectivity index (χ1v) is 23.0. The lowest BCUT2D eigenvalue weighted by Crippen LogP contribution is -2.57. The molecule has 0 heterocycles. The molecule has 17 N–H and O–H groups in total. The zero-order chi connectivity index (χ0) is 58.9. The number of hydroxylamine groups is 1. The van der Waals surface area contributed by atoms with Gasteiger partial charge in [0.15, 0.2) is 6.04 Å². The Balaban J connectivity index is 0.000000578. The van der Waals surface area contributed by atoms with Gasteiger partial charge in [-0.3, -0.25) is 29.2 Å². The molecule has 0 radical (unpaired) electrons. The highest BCUT2D eigenvalue weighted by molar-refractivity contribution is 5.98. The van der Waals surface area contributed by atoms with Crippen molar-refractivity contribution in [1.29, 1.82) is 0 Å². The van der Waals surface area contributed by atoms with Crippen LogP contribution in [0.3, 0.4) is 0 Å². The van der Waals surface area contributed by atoms with Gasteiger partial charge in [-0.25, -0.2) is 10.3 Å². The van der Waals surface area contributed by atoms with Crippen LogP contribution in [-0.4, -0.2) is 127 Å². The van der Waals surface area contributed by atoms with Crippen LogP contribution in [0, 0.1) is 47.4 Å². The van der Waals surface area contributed by atoms with Gasteiger partial charge in [-0.15, -0.1) is 0 Å². The van der Waals surface area contributed by atoms with Gasteiger partial charge in [-0.2, -0.15) is 0 Å². The van der Waals surface area contributed by atoms with E-state index in [-0.39, 0.29) is 5.56 Å². The third kappa shape index (κ3) is 24.9.